The summed E-state index contributed by atoms with van der Waals surface area (Å²) in [6, 6.07) is 0. The number of carboxylic acids is 2. The Morgan fingerprint density at radius 2 is 0.958 bits per heavy atom. The van der Waals surface area contributed by atoms with E-state index in [9.17, 15) is 34.8 Å². The van der Waals surface area contributed by atoms with E-state index < -0.39 is 51.6 Å². The van der Waals surface area contributed by atoms with Crippen molar-refractivity contribution in [1.82, 2.24) is 0 Å². The molecule has 0 aliphatic carbocycles. The van der Waals surface area contributed by atoms with Crippen molar-refractivity contribution in [3.05, 3.63) is 0 Å². The third-order valence-electron chi connectivity index (χ3n) is 1.93. The van der Waals surface area contributed by atoms with Gasteiger partial charge in [0.05, 0.1) is 0 Å². The van der Waals surface area contributed by atoms with Gasteiger partial charge < -0.3 is 32.1 Å². The van der Waals surface area contributed by atoms with Gasteiger partial charge in [-0.2, -0.15) is 25.3 Å². The first kappa shape index (κ1) is 34.0. The molecule has 24 heavy (non-hydrogen) atoms. The molecule has 0 fully saturated rings. The van der Waals surface area contributed by atoms with Crippen molar-refractivity contribution in [3.8, 4) is 0 Å². The molecule has 1 atom stereocenters. The minimum atomic E-state index is -6.57. The summed E-state index contributed by atoms with van der Waals surface area (Å²) in [4.78, 5) is 21.4. The number of carboxylic acid groups (broad SMARTS) is 2. The van der Waals surface area contributed by atoms with Crippen LogP contribution in [0.2, 0.25) is 0 Å². The second-order valence-electron chi connectivity index (χ2n) is 3.16. The van der Waals surface area contributed by atoms with Gasteiger partial charge in [-0.15, -0.1) is 0 Å². The Labute approximate surface area is 133 Å². The summed E-state index contributed by atoms with van der Waals surface area (Å²) in [7, 11) is -19.3. The lowest BCUT2D eigenvalue weighted by Gasteiger charge is -2.26. The van der Waals surface area contributed by atoms with Gasteiger partial charge >= 0.3 is 36.3 Å². The first-order valence-corrected chi connectivity index (χ1v) is 8.26. The highest BCUT2D eigenvalue weighted by atomic mass is 32.3. The van der Waals surface area contributed by atoms with Gasteiger partial charge in [-0.1, -0.05) is 0 Å². The molecule has 0 bridgehead atoms. The summed E-state index contributed by atoms with van der Waals surface area (Å²) in [6.45, 7) is 0. The van der Waals surface area contributed by atoms with Gasteiger partial charge in [0.1, 0.15) is 0 Å². The lowest BCUT2D eigenvalue weighted by molar-refractivity contribution is -0.144. The Kier molecular flexibility index (Phi) is 12.9. The van der Waals surface area contributed by atoms with Gasteiger partial charge in [0.2, 0.25) is 5.25 Å². The summed E-state index contributed by atoms with van der Waals surface area (Å²) in [5.41, 5.74) is 0. The molecule has 20 heteroatoms. The fraction of sp³-hybridized carbons (Fsp3) is 0.500. The second kappa shape index (κ2) is 9.11. The topological polar surface area (TPSA) is 364 Å². The molecular formula is C4H14O17S3. The van der Waals surface area contributed by atoms with Crippen molar-refractivity contribution in [2.24, 2.45) is 0 Å². The Morgan fingerprint density at radius 3 is 1.00 bits per heavy atom. The van der Waals surface area contributed by atoms with Crippen LogP contribution >= 0.6 is 0 Å². The molecular weight excluding hydrogens is 416 g/mol. The summed E-state index contributed by atoms with van der Waals surface area (Å²) in [5.74, 6) is -6.22. The number of carbonyl (C=O) groups is 2. The van der Waals surface area contributed by atoms with Crippen LogP contribution in [-0.4, -0.2) is 92.3 Å². The first-order chi connectivity index (χ1) is 8.51. The lowest BCUT2D eigenvalue weighted by atomic mass is 10.3. The summed E-state index contributed by atoms with van der Waals surface area (Å²) < 4.78 is 85.9. The highest BCUT2D eigenvalue weighted by Crippen LogP contribution is 2.32. The maximum absolute atomic E-state index is 10.9. The molecule has 150 valence electrons. The van der Waals surface area contributed by atoms with E-state index in [0.29, 0.717) is 0 Å². The standard InChI is InChI=1S/C4H6O13S3.4H2O/c5-2(6)1(18(9,10)11)4(3(7)8,19(12,13)14)20(15,16)17;;;;/h1H,(H,5,6)(H,7,8)(H,9,10,11)(H,12,13,14)(H,15,16,17);4*1H2. The van der Waals surface area contributed by atoms with Crippen LogP contribution < -0.4 is 0 Å². The first-order valence-electron chi connectivity index (χ1n) is 3.87. The van der Waals surface area contributed by atoms with Crippen LogP contribution in [0.25, 0.3) is 0 Å². The highest BCUT2D eigenvalue weighted by molar-refractivity contribution is 8.08. The van der Waals surface area contributed by atoms with Gasteiger partial charge in [0.25, 0.3) is 10.1 Å². The van der Waals surface area contributed by atoms with Crippen LogP contribution in [0.4, 0.5) is 0 Å². The van der Waals surface area contributed by atoms with Gasteiger partial charge in [0, 0.05) is 0 Å². The summed E-state index contributed by atoms with van der Waals surface area (Å²) in [6.07, 6.45) is 0. The van der Waals surface area contributed by atoms with E-state index in [2.05, 4.69) is 0 Å². The fourth-order valence-corrected chi connectivity index (χ4v) is 5.68. The number of hydrogen-bond acceptors (Lipinski definition) is 8. The Balaban J connectivity index is -0.000000301. The molecule has 0 aromatic rings. The largest absolute Gasteiger partial charge is 0.480 e. The minimum Gasteiger partial charge on any atom is -0.480 e. The third-order valence-corrected chi connectivity index (χ3v) is 7.00. The quantitative estimate of drug-likeness (QED) is 0.245. The molecule has 0 aromatic carbocycles. The molecule has 13 N–H and O–H groups in total. The predicted octanol–water partition coefficient (Wildman–Crippen LogP) is -6.41. The highest BCUT2D eigenvalue weighted by Gasteiger charge is 2.73. The van der Waals surface area contributed by atoms with Gasteiger partial charge in [0.15, 0.2) is 0 Å². The average Bonchev–Trinajstić information content (AvgIpc) is 2.05. The van der Waals surface area contributed by atoms with Crippen LogP contribution in [0.5, 0.6) is 0 Å². The van der Waals surface area contributed by atoms with Gasteiger partial charge in [-0.3, -0.25) is 18.5 Å². The van der Waals surface area contributed by atoms with E-state index >= 15 is 0 Å². The van der Waals surface area contributed by atoms with Crippen molar-refractivity contribution < 1.29 is 80.6 Å². The second-order valence-corrected chi connectivity index (χ2v) is 8.10. The van der Waals surface area contributed by atoms with Crippen molar-refractivity contribution in [2.75, 3.05) is 0 Å². The molecule has 0 amide bonds. The zero-order valence-electron chi connectivity index (χ0n) is 10.8. The zero-order chi connectivity index (χ0) is 16.7. The minimum absolute atomic E-state index is 0. The van der Waals surface area contributed by atoms with Gasteiger partial charge in [-0.05, 0) is 0 Å². The third kappa shape index (κ3) is 5.26. The molecule has 17 nitrogen and oxygen atoms in total. The van der Waals surface area contributed by atoms with Crippen molar-refractivity contribution in [3.63, 3.8) is 0 Å². The number of rotatable bonds is 6. The van der Waals surface area contributed by atoms with E-state index in [1.165, 1.54) is 0 Å². The van der Waals surface area contributed by atoms with E-state index in [0.717, 1.165) is 0 Å². The van der Waals surface area contributed by atoms with Crippen LogP contribution in [-0.2, 0) is 39.9 Å². The van der Waals surface area contributed by atoms with Crippen molar-refractivity contribution in [1.29, 1.82) is 0 Å². The monoisotopic (exact) mass is 430 g/mol. The van der Waals surface area contributed by atoms with Crippen molar-refractivity contribution in [2.45, 2.75) is 9.33 Å². The molecule has 0 radical (unpaired) electrons. The van der Waals surface area contributed by atoms with Crippen LogP contribution in [0.15, 0.2) is 0 Å². The SMILES string of the molecule is O.O.O.O.O=C(O)C(C(C(=O)O)(S(=O)(=O)O)S(=O)(=O)O)S(=O)(=O)O. The molecule has 0 aliphatic heterocycles. The molecule has 1 unspecified atom stereocenters. The number of aliphatic carboxylic acids is 2. The van der Waals surface area contributed by atoms with E-state index in [-0.39, 0.29) is 21.9 Å². The van der Waals surface area contributed by atoms with Crippen molar-refractivity contribution >= 4 is 42.3 Å². The molecule has 0 saturated carbocycles. The molecule has 0 heterocycles. The summed E-state index contributed by atoms with van der Waals surface area (Å²) >= 11 is 0. The van der Waals surface area contributed by atoms with E-state index in [4.69, 9.17) is 23.9 Å². The molecule has 0 aliphatic rings. The molecule has 0 spiro atoms. The molecule has 0 rings (SSSR count). The van der Waals surface area contributed by atoms with Crippen LogP contribution in [0.1, 0.15) is 0 Å². The Hall–Kier alpha value is -1.49. The lowest BCUT2D eigenvalue weighted by Crippen LogP contribution is -2.65. The van der Waals surface area contributed by atoms with E-state index in [1.54, 1.807) is 0 Å². The molecule has 0 aromatic heterocycles. The Morgan fingerprint density at radius 1 is 0.708 bits per heavy atom. The van der Waals surface area contributed by atoms with E-state index in [1.807, 2.05) is 0 Å². The van der Waals surface area contributed by atoms with Gasteiger partial charge in [-0.25, -0.2) is 4.79 Å². The molecule has 0 saturated heterocycles. The fourth-order valence-electron chi connectivity index (χ4n) is 1.22. The Bertz CT molecular complexity index is 706. The van der Waals surface area contributed by atoms with Crippen LogP contribution in [0, 0.1) is 0 Å². The normalized spacial score (nSPS) is 13.0. The maximum atomic E-state index is 10.9. The van der Waals surface area contributed by atoms with Crippen LogP contribution in [0.3, 0.4) is 0 Å². The summed E-state index contributed by atoms with van der Waals surface area (Å²) in [5, 5.41) is 12.9. The zero-order valence-corrected chi connectivity index (χ0v) is 13.3. The maximum Gasteiger partial charge on any atom is 0.348 e. The average molecular weight is 430 g/mol. The predicted molar refractivity (Wildman–Crippen MR) is 70.9 cm³/mol. The number of hydrogen-bond donors (Lipinski definition) is 5. The smallest absolute Gasteiger partial charge is 0.348 e.